The lowest BCUT2D eigenvalue weighted by Crippen LogP contribution is -2.42. The largest absolute Gasteiger partial charge is 0.492 e. The van der Waals surface area contributed by atoms with Gasteiger partial charge in [0.05, 0.1) is 36.6 Å². The molecule has 0 bridgehead atoms. The molecule has 4 rings (SSSR count). The van der Waals surface area contributed by atoms with E-state index in [2.05, 4.69) is 10.5 Å². The van der Waals surface area contributed by atoms with Gasteiger partial charge in [-0.15, -0.1) is 0 Å². The second kappa shape index (κ2) is 14.3. The number of anilines is 1. The standard InChI is InChI=1S/C29H32N4O7S/c1-2-39-27-11-7-6-10-26(27)33(41(36,37)25-8-4-3-5-9-25)21-28(34)31-30-20-23-12-14-24(15-13-23)40-22-29(35)32-16-18-38-19-17-32/h3-15,20H,2,16-19,21-22H2,1H3,(H,31,34)/b30-20-. The highest BCUT2D eigenvalue weighted by atomic mass is 32.2. The van der Waals surface area contributed by atoms with Gasteiger partial charge in [-0.05, 0) is 61.0 Å². The van der Waals surface area contributed by atoms with Crippen molar-refractivity contribution in [3.8, 4) is 11.5 Å². The Bertz CT molecular complexity index is 1440. The van der Waals surface area contributed by atoms with Gasteiger partial charge >= 0.3 is 0 Å². The number of hydrazone groups is 1. The van der Waals surface area contributed by atoms with Crippen molar-refractivity contribution in [3.05, 3.63) is 84.4 Å². The molecule has 0 spiro atoms. The summed E-state index contributed by atoms with van der Waals surface area (Å²) in [6.45, 7) is 3.67. The van der Waals surface area contributed by atoms with E-state index >= 15 is 0 Å². The van der Waals surface area contributed by atoms with Gasteiger partial charge < -0.3 is 19.1 Å². The summed E-state index contributed by atoms with van der Waals surface area (Å²) in [5.74, 6) is 0.102. The number of carbonyl (C=O) groups is 2. The highest BCUT2D eigenvalue weighted by molar-refractivity contribution is 7.92. The minimum absolute atomic E-state index is 0.0385. The Morgan fingerprint density at radius 3 is 2.37 bits per heavy atom. The maximum atomic E-state index is 13.5. The molecule has 0 aromatic heterocycles. The van der Waals surface area contributed by atoms with Crippen LogP contribution in [0.1, 0.15) is 12.5 Å². The number of amides is 2. The molecule has 1 N–H and O–H groups in total. The zero-order chi connectivity index (χ0) is 29.1. The van der Waals surface area contributed by atoms with Crippen molar-refractivity contribution < 1.29 is 32.2 Å². The third-order valence-electron chi connectivity index (χ3n) is 6.06. The first kappa shape index (κ1) is 29.6. The number of nitrogens with zero attached hydrogens (tertiary/aromatic N) is 3. The molecule has 216 valence electrons. The number of carbonyl (C=O) groups excluding carboxylic acids is 2. The Balaban J connectivity index is 1.39. The van der Waals surface area contributed by atoms with Crippen LogP contribution in [0, 0.1) is 0 Å². The zero-order valence-corrected chi connectivity index (χ0v) is 23.5. The Morgan fingerprint density at radius 2 is 1.66 bits per heavy atom. The number of sulfonamides is 1. The SMILES string of the molecule is CCOc1ccccc1N(CC(=O)N/N=C\c1ccc(OCC(=O)N2CCOCC2)cc1)S(=O)(=O)c1ccccc1. The van der Waals surface area contributed by atoms with E-state index in [0.717, 1.165) is 4.31 Å². The molecular formula is C29H32N4O7S. The first-order valence-corrected chi connectivity index (χ1v) is 14.5. The van der Waals surface area contributed by atoms with Crippen LogP contribution in [0.4, 0.5) is 5.69 Å². The fourth-order valence-corrected chi connectivity index (χ4v) is 5.46. The molecule has 41 heavy (non-hydrogen) atoms. The zero-order valence-electron chi connectivity index (χ0n) is 22.6. The van der Waals surface area contributed by atoms with Crippen LogP contribution in [0.3, 0.4) is 0 Å². The molecule has 2 amide bonds. The van der Waals surface area contributed by atoms with Crippen LogP contribution >= 0.6 is 0 Å². The van der Waals surface area contributed by atoms with Crippen LogP contribution in [0.5, 0.6) is 11.5 Å². The Kier molecular flexibility index (Phi) is 10.3. The topological polar surface area (TPSA) is 127 Å². The van der Waals surface area contributed by atoms with Crippen LogP contribution in [0.15, 0.2) is 88.9 Å². The van der Waals surface area contributed by atoms with Gasteiger partial charge in [0.1, 0.15) is 18.0 Å². The van der Waals surface area contributed by atoms with Crippen molar-refractivity contribution in [2.75, 3.05) is 50.4 Å². The molecule has 0 unspecified atom stereocenters. The molecule has 0 radical (unpaired) electrons. The summed E-state index contributed by atoms with van der Waals surface area (Å²) in [5.41, 5.74) is 3.29. The molecule has 0 aliphatic carbocycles. The van der Waals surface area contributed by atoms with Crippen LogP contribution in [0.25, 0.3) is 0 Å². The molecular weight excluding hydrogens is 548 g/mol. The first-order chi connectivity index (χ1) is 19.9. The molecule has 0 atom stereocenters. The Labute approximate surface area is 239 Å². The number of benzene rings is 3. The first-order valence-electron chi connectivity index (χ1n) is 13.1. The monoisotopic (exact) mass is 580 g/mol. The van der Waals surface area contributed by atoms with Crippen LogP contribution < -0.4 is 19.2 Å². The Hall–Kier alpha value is -4.42. The van der Waals surface area contributed by atoms with E-state index in [-0.39, 0.29) is 23.1 Å². The fraction of sp³-hybridized carbons (Fsp3) is 0.276. The van der Waals surface area contributed by atoms with Gasteiger partial charge in [-0.2, -0.15) is 5.10 Å². The maximum absolute atomic E-state index is 13.5. The van der Waals surface area contributed by atoms with E-state index in [1.165, 1.54) is 18.3 Å². The van der Waals surface area contributed by atoms with Crippen molar-refractivity contribution in [3.63, 3.8) is 0 Å². The average Bonchev–Trinajstić information content (AvgIpc) is 3.00. The summed E-state index contributed by atoms with van der Waals surface area (Å²) in [5, 5.41) is 3.98. The number of hydrogen-bond acceptors (Lipinski definition) is 8. The highest BCUT2D eigenvalue weighted by Gasteiger charge is 2.29. The van der Waals surface area contributed by atoms with Crippen molar-refractivity contribution in [2.24, 2.45) is 5.10 Å². The second-order valence-electron chi connectivity index (χ2n) is 8.87. The minimum atomic E-state index is -4.10. The summed E-state index contributed by atoms with van der Waals surface area (Å²) in [4.78, 5) is 26.8. The van der Waals surface area contributed by atoms with Gasteiger partial charge in [-0.25, -0.2) is 13.8 Å². The molecule has 1 heterocycles. The number of nitrogens with one attached hydrogen (secondary N) is 1. The Morgan fingerprint density at radius 1 is 0.976 bits per heavy atom. The van der Waals surface area contributed by atoms with Crippen LogP contribution in [-0.4, -0.2) is 77.4 Å². The predicted octanol–water partition coefficient (Wildman–Crippen LogP) is 2.67. The molecule has 1 saturated heterocycles. The van der Waals surface area contributed by atoms with Crippen LogP contribution in [0.2, 0.25) is 0 Å². The van der Waals surface area contributed by atoms with Gasteiger partial charge in [0.2, 0.25) is 0 Å². The lowest BCUT2D eigenvalue weighted by atomic mass is 10.2. The molecule has 1 aliphatic heterocycles. The van der Waals surface area contributed by atoms with E-state index in [1.807, 2.05) is 0 Å². The lowest BCUT2D eigenvalue weighted by Gasteiger charge is -2.26. The second-order valence-corrected chi connectivity index (χ2v) is 10.7. The van der Waals surface area contributed by atoms with Gasteiger partial charge in [-0.1, -0.05) is 30.3 Å². The number of hydrogen-bond donors (Lipinski definition) is 1. The fourth-order valence-electron chi connectivity index (χ4n) is 4.00. The minimum Gasteiger partial charge on any atom is -0.492 e. The number of ether oxygens (including phenoxy) is 3. The number of rotatable bonds is 12. The van der Waals surface area contributed by atoms with Gasteiger partial charge in [-0.3, -0.25) is 13.9 Å². The van der Waals surface area contributed by atoms with Crippen molar-refractivity contribution in [2.45, 2.75) is 11.8 Å². The summed E-state index contributed by atoms with van der Waals surface area (Å²) >= 11 is 0. The summed E-state index contributed by atoms with van der Waals surface area (Å²) < 4.78 is 44.6. The van der Waals surface area contributed by atoms with E-state index in [4.69, 9.17) is 14.2 Å². The van der Waals surface area contributed by atoms with E-state index < -0.39 is 22.5 Å². The predicted molar refractivity (Wildman–Crippen MR) is 154 cm³/mol. The highest BCUT2D eigenvalue weighted by Crippen LogP contribution is 2.32. The molecule has 1 fully saturated rings. The van der Waals surface area contributed by atoms with Gasteiger partial charge in [0.15, 0.2) is 6.61 Å². The van der Waals surface area contributed by atoms with E-state index in [9.17, 15) is 18.0 Å². The molecule has 3 aromatic rings. The summed E-state index contributed by atoms with van der Waals surface area (Å²) in [6, 6.07) is 21.3. The van der Waals surface area contributed by atoms with Crippen molar-refractivity contribution in [1.29, 1.82) is 0 Å². The number of para-hydroxylation sites is 2. The lowest BCUT2D eigenvalue weighted by molar-refractivity contribution is -0.137. The number of morpholine rings is 1. The third-order valence-corrected chi connectivity index (χ3v) is 7.84. The van der Waals surface area contributed by atoms with Gasteiger partial charge in [0.25, 0.3) is 21.8 Å². The smallest absolute Gasteiger partial charge is 0.264 e. The molecule has 1 aliphatic rings. The molecule has 0 saturated carbocycles. The van der Waals surface area contributed by atoms with Crippen molar-refractivity contribution >= 4 is 33.7 Å². The molecule has 3 aromatic carbocycles. The third kappa shape index (κ3) is 8.05. The van der Waals surface area contributed by atoms with Crippen molar-refractivity contribution in [1.82, 2.24) is 10.3 Å². The summed E-state index contributed by atoms with van der Waals surface area (Å²) in [7, 11) is -4.10. The summed E-state index contributed by atoms with van der Waals surface area (Å²) in [6.07, 6.45) is 1.42. The quantitative estimate of drug-likeness (QED) is 0.258. The van der Waals surface area contributed by atoms with E-state index in [0.29, 0.717) is 50.0 Å². The van der Waals surface area contributed by atoms with E-state index in [1.54, 1.807) is 78.6 Å². The molecule has 12 heteroatoms. The average molecular weight is 581 g/mol. The molecule has 11 nitrogen and oxygen atoms in total. The maximum Gasteiger partial charge on any atom is 0.264 e. The normalized spacial score (nSPS) is 13.5. The van der Waals surface area contributed by atoms with Crippen LogP contribution in [-0.2, 0) is 24.3 Å². The van der Waals surface area contributed by atoms with Gasteiger partial charge in [0, 0.05) is 13.1 Å².